The Hall–Kier alpha value is -3.28. The lowest BCUT2D eigenvalue weighted by Gasteiger charge is -2.21. The van der Waals surface area contributed by atoms with Crippen LogP contribution in [0.3, 0.4) is 0 Å². The second-order valence-corrected chi connectivity index (χ2v) is 14.3. The number of nitrogens with zero attached hydrogens (tertiary/aromatic N) is 1. The number of esters is 1. The number of hydrogen-bond acceptors (Lipinski definition) is 9. The number of halogens is 4. The molecule has 12 nitrogen and oxygen atoms in total. The van der Waals surface area contributed by atoms with Crippen LogP contribution in [0.5, 0.6) is 11.5 Å². The van der Waals surface area contributed by atoms with E-state index in [9.17, 15) is 35.6 Å². The van der Waals surface area contributed by atoms with Gasteiger partial charge in [-0.15, -0.1) is 0 Å². The Bertz CT molecular complexity index is 1740. The van der Waals surface area contributed by atoms with Crippen molar-refractivity contribution in [1.82, 2.24) is 9.44 Å². The molecule has 1 unspecified atom stereocenters. The van der Waals surface area contributed by atoms with Crippen molar-refractivity contribution in [2.45, 2.75) is 41.8 Å². The number of pyridine rings is 1. The summed E-state index contributed by atoms with van der Waals surface area (Å²) in [6, 6.07) is 8.18. The highest BCUT2D eigenvalue weighted by Gasteiger charge is 2.27. The van der Waals surface area contributed by atoms with Crippen LogP contribution in [0.25, 0.3) is 0 Å². The maximum Gasteiger partial charge on any atom is 0.387 e. The Balaban J connectivity index is 1.57. The first-order valence-electron chi connectivity index (χ1n) is 13.2. The van der Waals surface area contributed by atoms with Crippen molar-refractivity contribution in [2.75, 3.05) is 20.2 Å². The average Bonchev–Trinajstić information content (AvgIpc) is 3.81. The summed E-state index contributed by atoms with van der Waals surface area (Å²) in [6.07, 6.45) is 2.50. The molecule has 1 atom stereocenters. The number of sulfonamides is 2. The highest BCUT2D eigenvalue weighted by atomic mass is 35.5. The fraction of sp³-hybridized carbons (Fsp3) is 0.333. The highest BCUT2D eigenvalue weighted by Crippen LogP contribution is 2.37. The molecule has 18 heteroatoms. The topological polar surface area (TPSA) is 164 Å². The fourth-order valence-electron chi connectivity index (χ4n) is 4.02. The molecule has 0 bridgehead atoms. The number of carbonyl (C=O) groups is 1. The van der Waals surface area contributed by atoms with Crippen LogP contribution in [0.4, 0.5) is 8.78 Å². The van der Waals surface area contributed by atoms with Gasteiger partial charge < -0.3 is 19.4 Å². The predicted octanol–water partition coefficient (Wildman–Crippen LogP) is 3.73. The van der Waals surface area contributed by atoms with E-state index in [1.54, 1.807) is 0 Å². The number of alkyl halides is 2. The van der Waals surface area contributed by atoms with E-state index in [2.05, 4.69) is 14.2 Å². The summed E-state index contributed by atoms with van der Waals surface area (Å²) in [4.78, 5) is 12.5. The van der Waals surface area contributed by atoms with Crippen molar-refractivity contribution in [3.8, 4) is 11.5 Å². The Kier molecular flexibility index (Phi) is 11.1. The summed E-state index contributed by atoms with van der Waals surface area (Å²) in [5, 5.41) is 11.7. The van der Waals surface area contributed by atoms with E-state index in [0.717, 1.165) is 49.5 Å². The van der Waals surface area contributed by atoms with Crippen LogP contribution in [0.2, 0.25) is 10.0 Å². The third kappa shape index (κ3) is 9.37. The molecule has 0 aliphatic heterocycles. The second-order valence-electron chi connectivity index (χ2n) is 9.82. The molecule has 1 saturated carbocycles. The maximum absolute atomic E-state index is 13.1. The maximum atomic E-state index is 13.1. The van der Waals surface area contributed by atoms with Gasteiger partial charge in [0.2, 0.25) is 20.0 Å². The molecule has 4 rings (SSSR count). The minimum Gasteiger partial charge on any atom is -0.619 e. The van der Waals surface area contributed by atoms with Gasteiger partial charge in [-0.25, -0.2) is 21.6 Å². The van der Waals surface area contributed by atoms with Gasteiger partial charge in [0, 0.05) is 12.0 Å². The van der Waals surface area contributed by atoms with E-state index in [0.29, 0.717) is 4.73 Å². The molecule has 1 fully saturated rings. The van der Waals surface area contributed by atoms with Gasteiger partial charge in [0.05, 0.1) is 16.4 Å². The van der Waals surface area contributed by atoms with E-state index < -0.39 is 45.3 Å². The fourth-order valence-corrected chi connectivity index (χ4v) is 6.31. The van der Waals surface area contributed by atoms with Crippen LogP contribution in [0.1, 0.15) is 30.1 Å². The van der Waals surface area contributed by atoms with Crippen molar-refractivity contribution in [1.29, 1.82) is 0 Å². The van der Waals surface area contributed by atoms with Crippen molar-refractivity contribution in [2.24, 2.45) is 5.92 Å². The molecule has 2 aromatic carbocycles. The first-order valence-corrected chi connectivity index (χ1v) is 16.9. The summed E-state index contributed by atoms with van der Waals surface area (Å²) in [5.74, 6) is -1.07. The minimum atomic E-state index is -4.29. The molecule has 244 valence electrons. The predicted molar refractivity (Wildman–Crippen MR) is 157 cm³/mol. The average molecular weight is 711 g/mol. The van der Waals surface area contributed by atoms with Crippen LogP contribution < -0.4 is 23.6 Å². The first-order chi connectivity index (χ1) is 21.2. The Morgan fingerprint density at radius 3 is 2.16 bits per heavy atom. The number of benzene rings is 2. The zero-order chi connectivity index (χ0) is 32.9. The van der Waals surface area contributed by atoms with Crippen molar-refractivity contribution < 1.29 is 49.4 Å². The highest BCUT2D eigenvalue weighted by molar-refractivity contribution is 7.90. The molecule has 0 amide bonds. The van der Waals surface area contributed by atoms with Crippen LogP contribution >= 0.6 is 23.2 Å². The van der Waals surface area contributed by atoms with E-state index >= 15 is 0 Å². The number of aromatic nitrogens is 1. The molecule has 1 heterocycles. The van der Waals surface area contributed by atoms with Gasteiger partial charge >= 0.3 is 12.6 Å². The van der Waals surface area contributed by atoms with Crippen molar-refractivity contribution in [3.05, 3.63) is 81.2 Å². The molecule has 1 aliphatic rings. The molecule has 0 spiro atoms. The Morgan fingerprint density at radius 2 is 1.60 bits per heavy atom. The van der Waals surface area contributed by atoms with Crippen LogP contribution in [-0.2, 0) is 36.0 Å². The summed E-state index contributed by atoms with van der Waals surface area (Å²) < 4.78 is 96.0. The van der Waals surface area contributed by atoms with Gasteiger partial charge in [-0.3, -0.25) is 4.79 Å². The lowest BCUT2D eigenvalue weighted by atomic mass is 10.0. The van der Waals surface area contributed by atoms with Gasteiger partial charge in [-0.05, 0) is 67.8 Å². The molecule has 1 aliphatic carbocycles. The first kappa shape index (κ1) is 34.6. The number of hydrogen-bond donors (Lipinski definition) is 2. The van der Waals surface area contributed by atoms with E-state index in [-0.39, 0.29) is 61.4 Å². The van der Waals surface area contributed by atoms with E-state index in [1.165, 1.54) is 25.2 Å². The standard InChI is InChI=1S/C27H27Cl2F2N3O9S2/c1-32-44(37,38)18-5-7-19(8-6-18)45(39,40)33-12-26(35)42-24(11-20-21(28)13-34(36)14-22(20)29)17-4-9-23(43-27(30)31)25(10-17)41-15-16-2-3-16/h4-10,13-14,16,24,27,32-33H,2-3,11-12,15H2,1H3. The van der Waals surface area contributed by atoms with Crippen LogP contribution in [-0.4, -0.2) is 49.6 Å². The van der Waals surface area contributed by atoms with E-state index in [1.807, 2.05) is 0 Å². The summed E-state index contributed by atoms with van der Waals surface area (Å²) in [7, 11) is -6.89. The third-order valence-electron chi connectivity index (χ3n) is 6.57. The zero-order valence-electron chi connectivity index (χ0n) is 23.4. The summed E-state index contributed by atoms with van der Waals surface area (Å²) in [5.41, 5.74) is 0.458. The van der Waals surface area contributed by atoms with Gasteiger partial charge in [-0.1, -0.05) is 29.3 Å². The largest absolute Gasteiger partial charge is 0.619 e. The number of ether oxygens (including phenoxy) is 3. The molecule has 1 aromatic heterocycles. The summed E-state index contributed by atoms with van der Waals surface area (Å²) in [6.45, 7) is -3.73. The third-order valence-corrected chi connectivity index (χ3v) is 10.1. The lowest BCUT2D eigenvalue weighted by molar-refractivity contribution is -0.605. The van der Waals surface area contributed by atoms with Crippen molar-refractivity contribution in [3.63, 3.8) is 0 Å². The van der Waals surface area contributed by atoms with E-state index in [4.69, 9.17) is 32.7 Å². The number of nitrogens with one attached hydrogen (secondary N) is 2. The molecule has 0 saturated heterocycles. The monoisotopic (exact) mass is 709 g/mol. The normalized spacial score (nSPS) is 14.3. The van der Waals surface area contributed by atoms with Gasteiger partial charge in [-0.2, -0.15) is 18.2 Å². The molecular formula is C27H27Cl2F2N3O9S2. The van der Waals surface area contributed by atoms with Gasteiger partial charge in [0.25, 0.3) is 0 Å². The van der Waals surface area contributed by atoms with Gasteiger partial charge in [0.15, 0.2) is 23.9 Å². The smallest absolute Gasteiger partial charge is 0.387 e. The second kappa shape index (κ2) is 14.4. The molecule has 2 N–H and O–H groups in total. The van der Waals surface area contributed by atoms with Gasteiger partial charge in [0.1, 0.15) is 22.7 Å². The summed E-state index contributed by atoms with van der Waals surface area (Å²) >= 11 is 12.5. The number of rotatable bonds is 15. The van der Waals surface area contributed by atoms with Crippen LogP contribution in [0.15, 0.2) is 64.6 Å². The molecule has 3 aromatic rings. The SMILES string of the molecule is CNS(=O)(=O)c1ccc(S(=O)(=O)NCC(=O)OC(Cc2c(Cl)c[n+]([O-])cc2Cl)c2ccc(OC(F)F)c(OCC3CC3)c2)cc1. The molecule has 45 heavy (non-hydrogen) atoms. The molecular weight excluding hydrogens is 683 g/mol. The Labute approximate surface area is 267 Å². The van der Waals surface area contributed by atoms with Crippen molar-refractivity contribution >= 4 is 49.2 Å². The molecule has 0 radical (unpaired) electrons. The number of carbonyl (C=O) groups excluding carboxylic acids is 1. The minimum absolute atomic E-state index is 0.0344. The lowest BCUT2D eigenvalue weighted by Crippen LogP contribution is -2.32. The van der Waals surface area contributed by atoms with Crippen LogP contribution in [0, 0.1) is 11.1 Å². The quantitative estimate of drug-likeness (QED) is 0.136. The Morgan fingerprint density at radius 1 is 1.00 bits per heavy atom. The zero-order valence-corrected chi connectivity index (χ0v) is 26.6.